The van der Waals surface area contributed by atoms with Crippen molar-refractivity contribution in [3.8, 4) is 0 Å². The van der Waals surface area contributed by atoms with Crippen LogP contribution in [0.1, 0.15) is 33.6 Å². The molecular formula is C14H24O3Si. The second kappa shape index (κ2) is 5.49. The summed E-state index contributed by atoms with van der Waals surface area (Å²) in [5.41, 5.74) is 0. The van der Waals surface area contributed by atoms with E-state index in [9.17, 15) is 9.59 Å². The van der Waals surface area contributed by atoms with Crippen LogP contribution in [0.2, 0.25) is 18.1 Å². The molecular weight excluding hydrogens is 244 g/mol. The molecule has 4 heteroatoms. The minimum Gasteiger partial charge on any atom is -0.413 e. The average Bonchev–Trinajstić information content (AvgIpc) is 2.53. The van der Waals surface area contributed by atoms with Crippen molar-refractivity contribution in [1.29, 1.82) is 0 Å². The first-order valence-corrected chi connectivity index (χ1v) is 9.39. The third kappa shape index (κ3) is 3.62. The number of allylic oxidation sites excluding steroid dienone is 1. The zero-order valence-electron chi connectivity index (χ0n) is 12.0. The van der Waals surface area contributed by atoms with Crippen molar-refractivity contribution >= 4 is 20.4 Å². The Bertz CT molecular complexity index is 353. The highest BCUT2D eigenvalue weighted by molar-refractivity contribution is 6.74. The number of carbonyl (C=O) groups excluding carboxylic acids is 2. The number of ketones is 1. The summed E-state index contributed by atoms with van der Waals surface area (Å²) in [4.78, 5) is 22.0. The summed E-state index contributed by atoms with van der Waals surface area (Å²) in [5, 5.41) is 0.136. The quantitative estimate of drug-likeness (QED) is 0.447. The lowest BCUT2D eigenvalue weighted by molar-refractivity contribution is -0.117. The lowest BCUT2D eigenvalue weighted by atomic mass is 10.1. The minimum atomic E-state index is -1.85. The van der Waals surface area contributed by atoms with Crippen LogP contribution in [0, 0.1) is 5.92 Å². The van der Waals surface area contributed by atoms with Crippen LogP contribution in [0.5, 0.6) is 0 Å². The monoisotopic (exact) mass is 268 g/mol. The molecule has 1 aliphatic carbocycles. The molecule has 3 nitrogen and oxygen atoms in total. The zero-order valence-corrected chi connectivity index (χ0v) is 13.0. The molecule has 0 heterocycles. The van der Waals surface area contributed by atoms with Gasteiger partial charge in [0.15, 0.2) is 8.32 Å². The third-order valence-electron chi connectivity index (χ3n) is 4.06. The molecule has 0 amide bonds. The molecule has 0 aliphatic heterocycles. The number of hydrogen-bond donors (Lipinski definition) is 0. The first-order valence-electron chi connectivity index (χ1n) is 6.49. The standard InChI is InChI=1S/C14H24O3Si/c1-14(2,3)18(4,5)17-13-10-12(16)9-11(13)7-6-8-15/h6-8,11,13H,9-10H2,1-5H3/b7-6+/t11-,13-/m1/s1. The molecule has 0 N–H and O–H groups in total. The van der Waals surface area contributed by atoms with Crippen LogP contribution in [0.3, 0.4) is 0 Å². The van der Waals surface area contributed by atoms with Crippen molar-refractivity contribution < 1.29 is 14.0 Å². The van der Waals surface area contributed by atoms with Gasteiger partial charge >= 0.3 is 0 Å². The van der Waals surface area contributed by atoms with Gasteiger partial charge in [-0.25, -0.2) is 0 Å². The third-order valence-corrected chi connectivity index (χ3v) is 8.56. The van der Waals surface area contributed by atoms with Crippen LogP contribution in [0.25, 0.3) is 0 Å². The molecule has 0 saturated heterocycles. The Morgan fingerprint density at radius 1 is 1.28 bits per heavy atom. The van der Waals surface area contributed by atoms with Crippen molar-refractivity contribution in [3.63, 3.8) is 0 Å². The molecule has 0 aromatic rings. The van der Waals surface area contributed by atoms with Gasteiger partial charge < -0.3 is 4.43 Å². The van der Waals surface area contributed by atoms with Crippen LogP contribution < -0.4 is 0 Å². The van der Waals surface area contributed by atoms with Crippen molar-refractivity contribution in [3.05, 3.63) is 12.2 Å². The normalized spacial score (nSPS) is 25.9. The van der Waals surface area contributed by atoms with E-state index in [4.69, 9.17) is 4.43 Å². The Morgan fingerprint density at radius 3 is 2.39 bits per heavy atom. The van der Waals surface area contributed by atoms with Crippen LogP contribution in [-0.2, 0) is 14.0 Å². The maximum atomic E-state index is 11.6. The summed E-state index contributed by atoms with van der Waals surface area (Å²) in [6.07, 6.45) is 4.99. The minimum absolute atomic E-state index is 0.0467. The molecule has 18 heavy (non-hydrogen) atoms. The smallest absolute Gasteiger partial charge is 0.192 e. The number of aldehydes is 1. The fourth-order valence-electron chi connectivity index (χ4n) is 1.92. The van der Waals surface area contributed by atoms with E-state index in [-0.39, 0.29) is 22.8 Å². The lowest BCUT2D eigenvalue weighted by Crippen LogP contribution is -2.44. The molecule has 1 aliphatic rings. The first kappa shape index (κ1) is 15.3. The van der Waals surface area contributed by atoms with Crippen LogP contribution in [-0.4, -0.2) is 26.5 Å². The molecule has 0 spiro atoms. The van der Waals surface area contributed by atoms with Gasteiger partial charge in [-0.15, -0.1) is 0 Å². The van der Waals surface area contributed by atoms with Crippen LogP contribution in [0.15, 0.2) is 12.2 Å². The van der Waals surface area contributed by atoms with Crippen molar-refractivity contribution in [2.45, 2.75) is 57.8 Å². The van der Waals surface area contributed by atoms with E-state index in [1.54, 1.807) is 0 Å². The second-order valence-electron chi connectivity index (χ2n) is 6.55. The second-order valence-corrected chi connectivity index (χ2v) is 11.3. The summed E-state index contributed by atoms with van der Waals surface area (Å²) < 4.78 is 6.29. The number of Topliss-reactive ketones (excluding diaryl/α,β-unsaturated/α-hetero) is 1. The van der Waals surface area contributed by atoms with Crippen LogP contribution in [0.4, 0.5) is 0 Å². The van der Waals surface area contributed by atoms with E-state index in [2.05, 4.69) is 33.9 Å². The summed E-state index contributed by atoms with van der Waals surface area (Å²) in [6.45, 7) is 10.9. The molecule has 0 bridgehead atoms. The SMILES string of the molecule is CC(C)(C)[Si](C)(C)O[C@@H]1CC(=O)C[C@H]1/C=C/C=O. The largest absolute Gasteiger partial charge is 0.413 e. The fourth-order valence-corrected chi connectivity index (χ4v) is 3.29. The maximum absolute atomic E-state index is 11.6. The Kier molecular flexibility index (Phi) is 4.67. The Hall–Kier alpha value is -0.743. The summed E-state index contributed by atoms with van der Waals surface area (Å²) in [6, 6.07) is 0. The molecule has 0 radical (unpaired) electrons. The number of hydrogen-bond acceptors (Lipinski definition) is 3. The van der Waals surface area contributed by atoms with E-state index >= 15 is 0 Å². The predicted octanol–water partition coefficient (Wildman–Crippen LogP) is 3.11. The summed E-state index contributed by atoms with van der Waals surface area (Å²) in [5.74, 6) is 0.302. The van der Waals surface area contributed by atoms with Crippen molar-refractivity contribution in [2.24, 2.45) is 5.92 Å². The van der Waals surface area contributed by atoms with Gasteiger partial charge in [-0.1, -0.05) is 26.8 Å². The van der Waals surface area contributed by atoms with Crippen LogP contribution >= 0.6 is 0 Å². The van der Waals surface area contributed by atoms with Gasteiger partial charge in [-0.05, 0) is 24.2 Å². The predicted molar refractivity (Wildman–Crippen MR) is 75.0 cm³/mol. The topological polar surface area (TPSA) is 43.4 Å². The first-order chi connectivity index (χ1) is 8.17. The molecule has 2 atom stereocenters. The van der Waals surface area contributed by atoms with Gasteiger partial charge in [-0.2, -0.15) is 0 Å². The summed E-state index contributed by atoms with van der Waals surface area (Å²) in [7, 11) is -1.85. The van der Waals surface area contributed by atoms with E-state index in [1.807, 2.05) is 6.08 Å². The summed E-state index contributed by atoms with van der Waals surface area (Å²) >= 11 is 0. The molecule has 0 aromatic carbocycles. The van der Waals surface area contributed by atoms with Gasteiger partial charge in [0.1, 0.15) is 12.1 Å². The lowest BCUT2D eigenvalue weighted by Gasteiger charge is -2.39. The Labute approximate surface area is 111 Å². The number of carbonyl (C=O) groups is 2. The molecule has 1 saturated carbocycles. The van der Waals surface area contributed by atoms with Crippen molar-refractivity contribution in [1.82, 2.24) is 0 Å². The van der Waals surface area contributed by atoms with Gasteiger partial charge in [0.25, 0.3) is 0 Å². The zero-order chi connectivity index (χ0) is 14.0. The molecule has 0 aromatic heterocycles. The highest BCUT2D eigenvalue weighted by Gasteiger charge is 2.43. The molecule has 0 unspecified atom stereocenters. The Balaban J connectivity index is 2.78. The van der Waals surface area contributed by atoms with Crippen molar-refractivity contribution in [2.75, 3.05) is 0 Å². The fraction of sp³-hybridized carbons (Fsp3) is 0.714. The molecule has 1 fully saturated rings. The highest BCUT2D eigenvalue weighted by atomic mass is 28.4. The van der Waals surface area contributed by atoms with E-state index < -0.39 is 8.32 Å². The van der Waals surface area contributed by atoms with E-state index in [0.29, 0.717) is 12.8 Å². The average molecular weight is 268 g/mol. The van der Waals surface area contributed by atoms with E-state index in [1.165, 1.54) is 6.08 Å². The van der Waals surface area contributed by atoms with E-state index in [0.717, 1.165) is 6.29 Å². The van der Waals surface area contributed by atoms with Gasteiger partial charge in [0.05, 0.1) is 6.10 Å². The maximum Gasteiger partial charge on any atom is 0.192 e. The van der Waals surface area contributed by atoms with Gasteiger partial charge in [-0.3, -0.25) is 9.59 Å². The molecule has 102 valence electrons. The van der Waals surface area contributed by atoms with Gasteiger partial charge in [0, 0.05) is 18.8 Å². The van der Waals surface area contributed by atoms with Gasteiger partial charge in [0.2, 0.25) is 0 Å². The number of rotatable bonds is 4. The Morgan fingerprint density at radius 2 is 1.89 bits per heavy atom. The highest BCUT2D eigenvalue weighted by Crippen LogP contribution is 2.40. The molecule has 1 rings (SSSR count).